The molecule has 0 aliphatic carbocycles. The molecule has 1 N–H and O–H groups in total. The topological polar surface area (TPSA) is 75.6 Å². The van der Waals surface area contributed by atoms with Crippen LogP contribution in [0.1, 0.15) is 24.5 Å². The Hall–Kier alpha value is -1.69. The van der Waals surface area contributed by atoms with Gasteiger partial charge in [-0.15, -0.1) is 0 Å². The van der Waals surface area contributed by atoms with Crippen molar-refractivity contribution in [2.45, 2.75) is 26.1 Å². The Morgan fingerprint density at radius 2 is 2.12 bits per heavy atom. The Kier molecular flexibility index (Phi) is 3.23. The number of aromatic nitrogens is 2. The lowest BCUT2D eigenvalue weighted by molar-refractivity contribution is -0.00547. The molecule has 1 aromatic heterocycles. The number of nitrogens with zero attached hydrogens (tertiary/aromatic N) is 3. The Labute approximate surface area is 99.2 Å². The lowest BCUT2D eigenvalue weighted by Gasteiger charge is -2.36. The van der Waals surface area contributed by atoms with E-state index in [2.05, 4.69) is 9.97 Å². The molecule has 92 valence electrons. The minimum atomic E-state index is -1.11. The molecule has 2 rings (SSSR count). The van der Waals surface area contributed by atoms with Gasteiger partial charge in [0.2, 0.25) is 5.82 Å². The summed E-state index contributed by atoms with van der Waals surface area (Å²) in [4.78, 5) is 20.5. The zero-order chi connectivity index (χ0) is 12.4. The molecule has 0 saturated carbocycles. The van der Waals surface area contributed by atoms with E-state index in [-0.39, 0.29) is 18.0 Å². The van der Waals surface area contributed by atoms with Crippen molar-refractivity contribution >= 4 is 11.8 Å². The summed E-state index contributed by atoms with van der Waals surface area (Å²) in [5.74, 6) is -0.644. The van der Waals surface area contributed by atoms with E-state index in [9.17, 15) is 4.79 Å². The van der Waals surface area contributed by atoms with Gasteiger partial charge in [-0.3, -0.25) is 0 Å². The van der Waals surface area contributed by atoms with E-state index >= 15 is 0 Å². The number of morpholine rings is 1. The van der Waals surface area contributed by atoms with Crippen molar-refractivity contribution in [3.8, 4) is 0 Å². The molecule has 0 spiro atoms. The van der Waals surface area contributed by atoms with Crippen LogP contribution in [-0.2, 0) is 4.74 Å². The Balaban J connectivity index is 2.21. The molecule has 0 amide bonds. The van der Waals surface area contributed by atoms with Crippen molar-refractivity contribution in [2.24, 2.45) is 0 Å². The summed E-state index contributed by atoms with van der Waals surface area (Å²) in [7, 11) is 0. The van der Waals surface area contributed by atoms with Gasteiger partial charge in [-0.2, -0.15) is 0 Å². The number of aromatic carboxylic acids is 1. The van der Waals surface area contributed by atoms with Gasteiger partial charge in [0.15, 0.2) is 0 Å². The second-order valence-electron chi connectivity index (χ2n) is 4.21. The smallest absolute Gasteiger partial charge is 0.374 e. The van der Waals surface area contributed by atoms with Crippen LogP contribution in [0.4, 0.5) is 5.82 Å². The average Bonchev–Trinajstić information content (AvgIpc) is 2.28. The molecule has 6 heteroatoms. The predicted molar refractivity (Wildman–Crippen MR) is 61.2 cm³/mol. The van der Waals surface area contributed by atoms with Crippen LogP contribution >= 0.6 is 0 Å². The molecule has 6 nitrogen and oxygen atoms in total. The average molecular weight is 237 g/mol. The molecule has 1 saturated heterocycles. The lowest BCUT2D eigenvalue weighted by Crippen LogP contribution is -2.46. The minimum absolute atomic E-state index is 0.113. The quantitative estimate of drug-likeness (QED) is 0.819. The van der Waals surface area contributed by atoms with Gasteiger partial charge in [0.25, 0.3) is 0 Å². The first kappa shape index (κ1) is 11.8. The number of ether oxygens (including phenoxy) is 1. The van der Waals surface area contributed by atoms with E-state index in [1.807, 2.05) is 18.7 Å². The van der Waals surface area contributed by atoms with Crippen molar-refractivity contribution in [3.63, 3.8) is 0 Å². The van der Waals surface area contributed by atoms with Gasteiger partial charge >= 0.3 is 5.97 Å². The summed E-state index contributed by atoms with van der Waals surface area (Å²) in [6.45, 7) is 5.39. The lowest BCUT2D eigenvalue weighted by atomic mass is 10.2. The van der Waals surface area contributed by atoms with E-state index < -0.39 is 5.97 Å². The van der Waals surface area contributed by atoms with Gasteiger partial charge in [-0.05, 0) is 19.9 Å². The molecular weight excluding hydrogens is 222 g/mol. The third kappa shape index (κ3) is 2.71. The highest BCUT2D eigenvalue weighted by Gasteiger charge is 2.23. The van der Waals surface area contributed by atoms with Crippen LogP contribution in [0.2, 0.25) is 0 Å². The molecule has 1 fully saturated rings. The predicted octanol–water partition coefficient (Wildman–Crippen LogP) is 0.788. The third-order valence-corrected chi connectivity index (χ3v) is 2.58. The monoisotopic (exact) mass is 237 g/mol. The summed E-state index contributed by atoms with van der Waals surface area (Å²) in [5, 5.41) is 8.84. The van der Waals surface area contributed by atoms with Crippen LogP contribution in [0.25, 0.3) is 0 Å². The maximum atomic E-state index is 10.8. The normalized spacial score (nSPS) is 24.7. The van der Waals surface area contributed by atoms with Crippen LogP contribution in [0.3, 0.4) is 0 Å². The third-order valence-electron chi connectivity index (χ3n) is 2.58. The zero-order valence-electron chi connectivity index (χ0n) is 9.83. The molecule has 1 aromatic rings. The first-order chi connectivity index (χ1) is 8.06. The second-order valence-corrected chi connectivity index (χ2v) is 4.21. The maximum Gasteiger partial charge on any atom is 0.374 e. The molecule has 2 heterocycles. The fourth-order valence-corrected chi connectivity index (χ4v) is 1.99. The fourth-order valence-electron chi connectivity index (χ4n) is 1.99. The largest absolute Gasteiger partial charge is 0.475 e. The first-order valence-corrected chi connectivity index (χ1v) is 5.53. The van der Waals surface area contributed by atoms with Crippen LogP contribution < -0.4 is 4.90 Å². The van der Waals surface area contributed by atoms with Crippen molar-refractivity contribution in [2.75, 3.05) is 18.0 Å². The van der Waals surface area contributed by atoms with E-state index in [0.29, 0.717) is 18.9 Å². The molecule has 17 heavy (non-hydrogen) atoms. The van der Waals surface area contributed by atoms with Gasteiger partial charge in [0.05, 0.1) is 12.2 Å². The summed E-state index contributed by atoms with van der Waals surface area (Å²) in [6.07, 6.45) is 1.69. The second kappa shape index (κ2) is 4.67. The summed E-state index contributed by atoms with van der Waals surface area (Å²) < 4.78 is 5.61. The molecule has 0 bridgehead atoms. The zero-order valence-corrected chi connectivity index (χ0v) is 9.83. The molecular formula is C11H15N3O3. The van der Waals surface area contributed by atoms with Gasteiger partial charge in [0, 0.05) is 19.3 Å². The Morgan fingerprint density at radius 1 is 1.47 bits per heavy atom. The molecule has 2 atom stereocenters. The number of hydrogen-bond acceptors (Lipinski definition) is 5. The molecule has 1 aliphatic rings. The van der Waals surface area contributed by atoms with Crippen LogP contribution in [-0.4, -0.2) is 46.3 Å². The van der Waals surface area contributed by atoms with Crippen LogP contribution in [0, 0.1) is 0 Å². The van der Waals surface area contributed by atoms with Gasteiger partial charge in [-0.1, -0.05) is 0 Å². The number of rotatable bonds is 2. The van der Waals surface area contributed by atoms with Crippen LogP contribution in [0.5, 0.6) is 0 Å². The number of anilines is 1. The van der Waals surface area contributed by atoms with Crippen molar-refractivity contribution < 1.29 is 14.6 Å². The molecule has 2 unspecified atom stereocenters. The Morgan fingerprint density at radius 3 is 2.71 bits per heavy atom. The van der Waals surface area contributed by atoms with Gasteiger partial charge < -0.3 is 14.7 Å². The summed E-state index contributed by atoms with van der Waals surface area (Å²) >= 11 is 0. The van der Waals surface area contributed by atoms with Gasteiger partial charge in [-0.25, -0.2) is 14.8 Å². The molecule has 1 aliphatic heterocycles. The summed E-state index contributed by atoms with van der Waals surface area (Å²) in [6, 6.07) is 1.72. The number of carboxylic acids is 1. The number of carboxylic acid groups (broad SMARTS) is 1. The number of carbonyl (C=O) groups is 1. The SMILES string of the molecule is CC1CN(c2ccnc(C(=O)O)n2)CC(C)O1. The molecule has 0 radical (unpaired) electrons. The highest BCUT2D eigenvalue weighted by atomic mass is 16.5. The Bertz CT molecular complexity index is 414. The van der Waals surface area contributed by atoms with Crippen molar-refractivity contribution in [3.05, 3.63) is 18.1 Å². The van der Waals surface area contributed by atoms with E-state index in [0.717, 1.165) is 0 Å². The van der Waals surface area contributed by atoms with Gasteiger partial charge in [0.1, 0.15) is 5.82 Å². The van der Waals surface area contributed by atoms with E-state index in [4.69, 9.17) is 9.84 Å². The standard InChI is InChI=1S/C11H15N3O3/c1-7-5-14(6-8(2)17-7)9-3-4-12-10(13-9)11(15)16/h3-4,7-8H,5-6H2,1-2H3,(H,15,16). The fraction of sp³-hybridized carbons (Fsp3) is 0.545. The highest BCUT2D eigenvalue weighted by Crippen LogP contribution is 2.17. The van der Waals surface area contributed by atoms with Crippen molar-refractivity contribution in [1.82, 2.24) is 9.97 Å². The highest BCUT2D eigenvalue weighted by molar-refractivity contribution is 5.83. The maximum absolute atomic E-state index is 10.8. The molecule has 0 aromatic carbocycles. The van der Waals surface area contributed by atoms with E-state index in [1.54, 1.807) is 6.07 Å². The first-order valence-electron chi connectivity index (χ1n) is 5.53. The summed E-state index contributed by atoms with van der Waals surface area (Å²) in [5.41, 5.74) is 0. The van der Waals surface area contributed by atoms with Crippen molar-refractivity contribution in [1.29, 1.82) is 0 Å². The number of hydrogen-bond donors (Lipinski definition) is 1. The van der Waals surface area contributed by atoms with Crippen LogP contribution in [0.15, 0.2) is 12.3 Å². The van der Waals surface area contributed by atoms with E-state index in [1.165, 1.54) is 6.20 Å². The minimum Gasteiger partial charge on any atom is -0.475 e.